The van der Waals surface area contributed by atoms with Crippen molar-refractivity contribution in [2.75, 3.05) is 26.2 Å². The monoisotopic (exact) mass is 270 g/mol. The van der Waals surface area contributed by atoms with Gasteiger partial charge in [-0.2, -0.15) is 0 Å². The van der Waals surface area contributed by atoms with Crippen LogP contribution in [-0.2, 0) is 9.59 Å². The lowest BCUT2D eigenvalue weighted by molar-refractivity contribution is -0.135. The number of aliphatic hydroxyl groups is 1. The van der Waals surface area contributed by atoms with Crippen molar-refractivity contribution in [2.24, 2.45) is 5.41 Å². The maximum Gasteiger partial charge on any atom is 0.224 e. The molecule has 0 aromatic rings. The fraction of sp³-hybridized carbons (Fsp3) is 0.857. The summed E-state index contributed by atoms with van der Waals surface area (Å²) in [6.45, 7) is 5.51. The molecule has 0 bridgehead atoms. The van der Waals surface area contributed by atoms with Crippen molar-refractivity contribution in [3.8, 4) is 0 Å². The van der Waals surface area contributed by atoms with E-state index in [4.69, 9.17) is 0 Å². The number of carbonyl (C=O) groups is 2. The molecule has 19 heavy (non-hydrogen) atoms. The Balaban J connectivity index is 2.48. The zero-order valence-electron chi connectivity index (χ0n) is 12.1. The Labute approximate surface area is 115 Å². The number of carbonyl (C=O) groups excluding carboxylic acids is 2. The fourth-order valence-electron chi connectivity index (χ4n) is 2.87. The molecule has 1 saturated heterocycles. The molecular weight excluding hydrogens is 244 g/mol. The van der Waals surface area contributed by atoms with E-state index >= 15 is 0 Å². The van der Waals surface area contributed by atoms with Crippen LogP contribution < -0.4 is 5.32 Å². The molecule has 0 aromatic carbocycles. The van der Waals surface area contributed by atoms with Gasteiger partial charge in [0.2, 0.25) is 11.8 Å². The predicted molar refractivity (Wildman–Crippen MR) is 73.5 cm³/mol. The van der Waals surface area contributed by atoms with Crippen LogP contribution in [-0.4, -0.2) is 48.1 Å². The number of nitrogens with one attached hydrogen (secondary N) is 1. The highest BCUT2D eigenvalue weighted by atomic mass is 16.3. The second-order valence-corrected chi connectivity index (χ2v) is 5.56. The molecule has 1 aliphatic rings. The van der Waals surface area contributed by atoms with Crippen LogP contribution in [0.5, 0.6) is 0 Å². The minimum Gasteiger partial charge on any atom is -0.396 e. The Morgan fingerprint density at radius 2 is 2.16 bits per heavy atom. The van der Waals surface area contributed by atoms with Crippen LogP contribution in [0.3, 0.4) is 0 Å². The summed E-state index contributed by atoms with van der Waals surface area (Å²) in [5, 5.41) is 12.3. The molecule has 5 heteroatoms. The third-order valence-corrected chi connectivity index (χ3v) is 3.84. The summed E-state index contributed by atoms with van der Waals surface area (Å²) in [5.41, 5.74) is -0.114. The molecule has 1 rings (SSSR count). The molecule has 0 aromatic heterocycles. The average Bonchev–Trinajstić information content (AvgIpc) is 2.39. The van der Waals surface area contributed by atoms with Crippen molar-refractivity contribution in [1.29, 1.82) is 0 Å². The lowest BCUT2D eigenvalue weighted by atomic mass is 9.77. The molecule has 1 atom stereocenters. The van der Waals surface area contributed by atoms with E-state index in [1.165, 1.54) is 6.92 Å². The molecule has 1 unspecified atom stereocenters. The van der Waals surface area contributed by atoms with E-state index < -0.39 is 0 Å². The zero-order chi connectivity index (χ0) is 14.3. The van der Waals surface area contributed by atoms with Gasteiger partial charge in [-0.05, 0) is 19.3 Å². The molecular formula is C14H26N2O3. The molecule has 0 radical (unpaired) electrons. The van der Waals surface area contributed by atoms with Gasteiger partial charge in [0.15, 0.2) is 0 Å². The van der Waals surface area contributed by atoms with Crippen LogP contribution in [0, 0.1) is 5.41 Å². The van der Waals surface area contributed by atoms with Crippen LogP contribution in [0.15, 0.2) is 0 Å². The number of nitrogens with zero attached hydrogens (tertiary/aromatic N) is 1. The normalized spacial score (nSPS) is 23.2. The predicted octanol–water partition coefficient (Wildman–Crippen LogP) is 0.914. The van der Waals surface area contributed by atoms with Crippen molar-refractivity contribution in [2.45, 2.75) is 46.0 Å². The van der Waals surface area contributed by atoms with Crippen LogP contribution >= 0.6 is 0 Å². The van der Waals surface area contributed by atoms with E-state index in [1.54, 1.807) is 0 Å². The van der Waals surface area contributed by atoms with Crippen molar-refractivity contribution >= 4 is 11.8 Å². The molecule has 110 valence electrons. The first kappa shape index (κ1) is 16.0. The number of hydrogen-bond donors (Lipinski definition) is 2. The number of hydrogen-bond acceptors (Lipinski definition) is 3. The molecule has 5 nitrogen and oxygen atoms in total. The SMILES string of the molecule is CCCC1(CO)CCCN(C(=O)CCNC(C)=O)C1. The third-order valence-electron chi connectivity index (χ3n) is 3.84. The van der Waals surface area contributed by atoms with E-state index in [2.05, 4.69) is 12.2 Å². The van der Waals surface area contributed by atoms with Crippen molar-refractivity contribution < 1.29 is 14.7 Å². The molecule has 2 N–H and O–H groups in total. The van der Waals surface area contributed by atoms with Gasteiger partial charge in [0, 0.05) is 38.4 Å². The highest BCUT2D eigenvalue weighted by molar-refractivity contribution is 5.78. The highest BCUT2D eigenvalue weighted by Gasteiger charge is 2.35. The van der Waals surface area contributed by atoms with Crippen LogP contribution in [0.2, 0.25) is 0 Å². The maximum absolute atomic E-state index is 12.1. The molecule has 0 saturated carbocycles. The van der Waals surface area contributed by atoms with Gasteiger partial charge in [0.1, 0.15) is 0 Å². The van der Waals surface area contributed by atoms with Gasteiger partial charge in [-0.3, -0.25) is 9.59 Å². The summed E-state index contributed by atoms with van der Waals surface area (Å²) in [6, 6.07) is 0. The number of amides is 2. The van der Waals surface area contributed by atoms with E-state index in [-0.39, 0.29) is 23.8 Å². The van der Waals surface area contributed by atoms with Crippen LogP contribution in [0.25, 0.3) is 0 Å². The first-order chi connectivity index (χ1) is 9.03. The summed E-state index contributed by atoms with van der Waals surface area (Å²) < 4.78 is 0. The van der Waals surface area contributed by atoms with Gasteiger partial charge in [0.05, 0.1) is 6.61 Å². The number of aliphatic hydroxyl groups excluding tert-OH is 1. The summed E-state index contributed by atoms with van der Waals surface area (Å²) >= 11 is 0. The average molecular weight is 270 g/mol. The third kappa shape index (κ3) is 4.82. The van der Waals surface area contributed by atoms with Crippen LogP contribution in [0.1, 0.15) is 46.0 Å². The van der Waals surface area contributed by atoms with Crippen molar-refractivity contribution in [3.05, 3.63) is 0 Å². The largest absolute Gasteiger partial charge is 0.396 e. The topological polar surface area (TPSA) is 69.6 Å². The smallest absolute Gasteiger partial charge is 0.224 e. The van der Waals surface area contributed by atoms with Crippen molar-refractivity contribution in [3.63, 3.8) is 0 Å². The molecule has 2 amide bonds. The van der Waals surface area contributed by atoms with Gasteiger partial charge >= 0.3 is 0 Å². The highest BCUT2D eigenvalue weighted by Crippen LogP contribution is 2.34. The van der Waals surface area contributed by atoms with Gasteiger partial charge < -0.3 is 15.3 Å². The first-order valence-electron chi connectivity index (χ1n) is 7.16. The summed E-state index contributed by atoms with van der Waals surface area (Å²) in [4.78, 5) is 24.7. The molecule has 1 fully saturated rings. The fourth-order valence-corrected chi connectivity index (χ4v) is 2.87. The minimum atomic E-state index is -0.114. The summed E-state index contributed by atoms with van der Waals surface area (Å²) in [5.74, 6) is -0.0375. The van der Waals surface area contributed by atoms with Gasteiger partial charge in [0.25, 0.3) is 0 Å². The Morgan fingerprint density at radius 1 is 1.42 bits per heavy atom. The van der Waals surface area contributed by atoms with E-state index in [1.807, 2.05) is 4.90 Å². The summed E-state index contributed by atoms with van der Waals surface area (Å²) in [7, 11) is 0. The lowest BCUT2D eigenvalue weighted by Gasteiger charge is -2.42. The Morgan fingerprint density at radius 3 is 2.74 bits per heavy atom. The Bertz CT molecular complexity index is 316. The maximum atomic E-state index is 12.1. The first-order valence-corrected chi connectivity index (χ1v) is 7.16. The quantitative estimate of drug-likeness (QED) is 0.754. The molecule has 1 aliphatic heterocycles. The second-order valence-electron chi connectivity index (χ2n) is 5.56. The summed E-state index contributed by atoms with van der Waals surface area (Å²) in [6.07, 6.45) is 4.26. The molecule has 0 spiro atoms. The van der Waals surface area contributed by atoms with Crippen LogP contribution in [0.4, 0.5) is 0 Å². The van der Waals surface area contributed by atoms with Gasteiger partial charge in [-0.15, -0.1) is 0 Å². The second kappa shape index (κ2) is 7.48. The van der Waals surface area contributed by atoms with E-state index in [0.717, 1.165) is 32.2 Å². The zero-order valence-corrected chi connectivity index (χ0v) is 12.1. The number of rotatable bonds is 6. The van der Waals surface area contributed by atoms with E-state index in [0.29, 0.717) is 19.5 Å². The Kier molecular flexibility index (Phi) is 6.28. The van der Waals surface area contributed by atoms with E-state index in [9.17, 15) is 14.7 Å². The Hall–Kier alpha value is -1.10. The van der Waals surface area contributed by atoms with Gasteiger partial charge in [-0.25, -0.2) is 0 Å². The minimum absolute atomic E-state index is 0.0716. The standard InChI is InChI=1S/C14H26N2O3/c1-3-6-14(11-17)7-4-9-16(10-14)13(19)5-8-15-12(2)18/h17H,3-11H2,1-2H3,(H,15,18). The van der Waals surface area contributed by atoms with Gasteiger partial charge in [-0.1, -0.05) is 13.3 Å². The molecule has 0 aliphatic carbocycles. The van der Waals surface area contributed by atoms with Crippen molar-refractivity contribution in [1.82, 2.24) is 10.2 Å². The number of likely N-dealkylation sites (tertiary alicyclic amines) is 1. The molecule has 1 heterocycles. The number of piperidine rings is 1. The lowest BCUT2D eigenvalue weighted by Crippen LogP contribution is -2.48.